The molecule has 0 aliphatic rings. The predicted octanol–water partition coefficient (Wildman–Crippen LogP) is 6.33. The van der Waals surface area contributed by atoms with Gasteiger partial charge in [0.1, 0.15) is 0 Å². The highest BCUT2D eigenvalue weighted by Crippen LogP contribution is 2.41. The monoisotopic (exact) mass is 426 g/mol. The van der Waals surface area contributed by atoms with E-state index in [-0.39, 0.29) is 21.4 Å². The van der Waals surface area contributed by atoms with Crippen molar-refractivity contribution in [3.8, 4) is 0 Å². The Hall–Kier alpha value is -2.28. The van der Waals surface area contributed by atoms with Crippen LogP contribution >= 0.6 is 27.5 Å². The number of nitrogens with one attached hydrogen (secondary N) is 1. The maximum absolute atomic E-state index is 15.0. The fraction of sp³-hybridized carbons (Fsp3) is 0.188. The van der Waals surface area contributed by atoms with E-state index in [1.807, 2.05) is 0 Å². The van der Waals surface area contributed by atoms with Gasteiger partial charge < -0.3 is 10.1 Å². The average molecular weight is 428 g/mol. The van der Waals surface area contributed by atoms with Gasteiger partial charge in [0, 0.05) is 20.1 Å². The Kier molecular flexibility index (Phi) is 5.89. The highest BCUT2D eigenvalue weighted by atomic mass is 79.9. The van der Waals surface area contributed by atoms with E-state index >= 15 is 0 Å². The van der Waals surface area contributed by atoms with Crippen LogP contribution in [0.5, 0.6) is 0 Å². The lowest BCUT2D eigenvalue weighted by Gasteiger charge is -2.18. The number of hydrogen-bond donors (Lipinski definition) is 1. The second kappa shape index (κ2) is 7.74. The Morgan fingerprint density at radius 2 is 2.12 bits per heavy atom. The lowest BCUT2D eigenvalue weighted by Crippen LogP contribution is -2.11. The summed E-state index contributed by atoms with van der Waals surface area (Å²) in [5.74, 6) is -1.59. The average Bonchev–Trinajstić information content (AvgIpc) is 2.58. The maximum Gasteiger partial charge on any atom is 0.340 e. The normalized spacial score (nSPS) is 10.2. The zero-order valence-corrected chi connectivity index (χ0v) is 15.9. The van der Waals surface area contributed by atoms with Crippen LogP contribution in [0, 0.1) is 19.7 Å². The highest BCUT2D eigenvalue weighted by molar-refractivity contribution is 9.10. The topological polar surface area (TPSA) is 87.1 Å². The van der Waals surface area contributed by atoms with Crippen molar-refractivity contribution in [2.75, 3.05) is 12.4 Å². The second-order valence-corrected chi connectivity index (χ2v) is 6.35. The summed E-state index contributed by atoms with van der Waals surface area (Å²) in [5, 5.41) is 6.78. The van der Waals surface area contributed by atoms with Crippen LogP contribution in [-0.2, 0) is 4.74 Å². The molecule has 0 heterocycles. The first kappa shape index (κ1) is 19.1. The molecule has 9 heteroatoms. The van der Waals surface area contributed by atoms with Gasteiger partial charge in [-0.05, 0) is 64.6 Å². The first-order chi connectivity index (χ1) is 11.8. The Labute approximate surface area is 156 Å². The van der Waals surface area contributed by atoms with Gasteiger partial charge in [-0.25, -0.2) is 9.18 Å². The molecule has 0 aliphatic carbocycles. The molecule has 2 aromatic rings. The minimum absolute atomic E-state index is 0.00175. The quantitative estimate of drug-likeness (QED) is 0.268. The molecule has 6 nitrogen and oxygen atoms in total. The number of azide groups is 1. The summed E-state index contributed by atoms with van der Waals surface area (Å²) >= 11 is 9.10. The van der Waals surface area contributed by atoms with Crippen LogP contribution in [0.2, 0.25) is 5.02 Å². The molecule has 25 heavy (non-hydrogen) atoms. The fourth-order valence-corrected chi connectivity index (χ4v) is 2.99. The summed E-state index contributed by atoms with van der Waals surface area (Å²) in [5.41, 5.74) is 9.96. The zero-order valence-electron chi connectivity index (χ0n) is 13.5. The van der Waals surface area contributed by atoms with E-state index in [0.29, 0.717) is 16.3 Å². The lowest BCUT2D eigenvalue weighted by atomic mass is 10.0. The number of methoxy groups -OCH3 is 1. The van der Waals surface area contributed by atoms with Crippen LogP contribution in [0.1, 0.15) is 21.5 Å². The molecule has 0 amide bonds. The number of esters is 1. The van der Waals surface area contributed by atoms with Gasteiger partial charge >= 0.3 is 5.97 Å². The van der Waals surface area contributed by atoms with Crippen LogP contribution in [0.4, 0.5) is 21.5 Å². The van der Waals surface area contributed by atoms with E-state index < -0.39 is 11.8 Å². The maximum atomic E-state index is 15.0. The fourth-order valence-electron chi connectivity index (χ4n) is 2.31. The molecule has 2 aromatic carbocycles. The van der Waals surface area contributed by atoms with Crippen molar-refractivity contribution in [2.45, 2.75) is 13.8 Å². The van der Waals surface area contributed by atoms with Crippen LogP contribution in [0.15, 0.2) is 27.8 Å². The molecule has 130 valence electrons. The summed E-state index contributed by atoms with van der Waals surface area (Å²) in [7, 11) is 1.20. The largest absolute Gasteiger partial charge is 0.465 e. The van der Waals surface area contributed by atoms with Crippen molar-refractivity contribution in [1.82, 2.24) is 0 Å². The van der Waals surface area contributed by atoms with E-state index in [9.17, 15) is 9.18 Å². The third-order valence-electron chi connectivity index (χ3n) is 3.57. The summed E-state index contributed by atoms with van der Waals surface area (Å²) in [4.78, 5) is 14.8. The molecule has 1 N–H and O–H groups in total. The second-order valence-electron chi connectivity index (χ2n) is 5.12. The predicted molar refractivity (Wildman–Crippen MR) is 98.5 cm³/mol. The lowest BCUT2D eigenvalue weighted by molar-refractivity contribution is 0.0600. The van der Waals surface area contributed by atoms with E-state index in [1.54, 1.807) is 32.0 Å². The highest BCUT2D eigenvalue weighted by Gasteiger charge is 2.25. The van der Waals surface area contributed by atoms with Crippen molar-refractivity contribution in [2.24, 2.45) is 5.11 Å². The molecule has 0 unspecified atom stereocenters. The molecule has 0 fully saturated rings. The van der Waals surface area contributed by atoms with Gasteiger partial charge in [-0.2, -0.15) is 0 Å². The van der Waals surface area contributed by atoms with E-state index in [2.05, 4.69) is 31.3 Å². The summed E-state index contributed by atoms with van der Waals surface area (Å²) in [6, 6.07) is 4.98. The number of hydrogen-bond acceptors (Lipinski definition) is 4. The Morgan fingerprint density at radius 3 is 2.68 bits per heavy atom. The Balaban J connectivity index is 2.76. The number of halogens is 3. The number of carbonyl (C=O) groups is 1. The van der Waals surface area contributed by atoms with Crippen LogP contribution in [-0.4, -0.2) is 13.1 Å². The van der Waals surface area contributed by atoms with Crippen molar-refractivity contribution in [3.63, 3.8) is 0 Å². The zero-order chi connectivity index (χ0) is 18.7. The first-order valence-corrected chi connectivity index (χ1v) is 8.17. The molecule has 0 aromatic heterocycles. The smallest absolute Gasteiger partial charge is 0.340 e. The standard InChI is InChI=1S/C16H13BrClFN4O2/c1-7-6-9(18)4-5-10(7)21-14-11(16(24)25-3)8(2)12(17)15(13(14)19)22-23-20/h4-6,21H,1-3H3. The molecular weight excluding hydrogens is 415 g/mol. The van der Waals surface area contributed by atoms with Gasteiger partial charge in [-0.1, -0.05) is 16.7 Å². The van der Waals surface area contributed by atoms with Crippen LogP contribution in [0.25, 0.3) is 10.4 Å². The number of benzene rings is 2. The van der Waals surface area contributed by atoms with E-state index in [4.69, 9.17) is 21.9 Å². The Morgan fingerprint density at radius 1 is 1.44 bits per heavy atom. The summed E-state index contributed by atoms with van der Waals surface area (Å²) < 4.78 is 19.9. The van der Waals surface area contributed by atoms with Crippen molar-refractivity contribution >= 4 is 50.6 Å². The molecular formula is C16H13BrClFN4O2. The van der Waals surface area contributed by atoms with E-state index in [0.717, 1.165) is 5.56 Å². The van der Waals surface area contributed by atoms with Crippen molar-refractivity contribution in [3.05, 3.63) is 60.6 Å². The number of aryl methyl sites for hydroxylation is 1. The van der Waals surface area contributed by atoms with Crippen molar-refractivity contribution < 1.29 is 13.9 Å². The molecule has 0 aliphatic heterocycles. The van der Waals surface area contributed by atoms with Crippen LogP contribution in [0.3, 0.4) is 0 Å². The van der Waals surface area contributed by atoms with Gasteiger partial charge in [-0.3, -0.25) is 0 Å². The number of anilines is 2. The van der Waals surface area contributed by atoms with E-state index in [1.165, 1.54) is 7.11 Å². The Bertz CT molecular complexity index is 914. The number of nitrogens with zero attached hydrogens (tertiary/aromatic N) is 3. The number of ether oxygens (including phenoxy) is 1. The summed E-state index contributed by atoms with van der Waals surface area (Å²) in [6.45, 7) is 3.37. The molecule has 0 spiro atoms. The number of carbonyl (C=O) groups excluding carboxylic acids is 1. The van der Waals surface area contributed by atoms with Gasteiger partial charge in [0.25, 0.3) is 0 Å². The molecule has 0 bridgehead atoms. The summed E-state index contributed by atoms with van der Waals surface area (Å²) in [6.07, 6.45) is 0. The van der Waals surface area contributed by atoms with Crippen LogP contribution < -0.4 is 5.32 Å². The minimum Gasteiger partial charge on any atom is -0.465 e. The molecule has 0 saturated heterocycles. The molecule has 0 radical (unpaired) electrons. The minimum atomic E-state index is -0.870. The third kappa shape index (κ3) is 3.71. The van der Waals surface area contributed by atoms with Gasteiger partial charge in [0.2, 0.25) is 0 Å². The first-order valence-electron chi connectivity index (χ1n) is 7.00. The molecule has 0 saturated carbocycles. The van der Waals surface area contributed by atoms with Gasteiger partial charge in [-0.15, -0.1) is 0 Å². The van der Waals surface area contributed by atoms with Crippen molar-refractivity contribution in [1.29, 1.82) is 0 Å². The SMILES string of the molecule is COC(=O)c1c(C)c(Br)c(N=[N+]=[N-])c(F)c1Nc1ccc(Cl)cc1C. The molecule has 2 rings (SSSR count). The number of rotatable bonds is 4. The van der Waals surface area contributed by atoms with Gasteiger partial charge in [0.05, 0.1) is 24.0 Å². The van der Waals surface area contributed by atoms with Gasteiger partial charge in [0.15, 0.2) is 5.82 Å². The third-order valence-corrected chi connectivity index (χ3v) is 4.78. The molecule has 0 atom stereocenters.